The molecule has 0 aliphatic carbocycles. The van der Waals surface area contributed by atoms with Gasteiger partial charge in [0.15, 0.2) is 0 Å². The van der Waals surface area contributed by atoms with E-state index in [-0.39, 0.29) is 5.91 Å². The molecule has 230 valence electrons. The summed E-state index contributed by atoms with van der Waals surface area (Å²) in [5, 5.41) is 7.11. The van der Waals surface area contributed by atoms with Crippen molar-refractivity contribution in [1.82, 2.24) is 15.2 Å². The number of halogens is 3. The number of fused-ring (bicyclic) bond motifs is 1. The lowest BCUT2D eigenvalue weighted by atomic mass is 9.98. The Morgan fingerprint density at radius 3 is 2.20 bits per heavy atom. The summed E-state index contributed by atoms with van der Waals surface area (Å²) in [6, 6.07) is 30.0. The Morgan fingerprint density at radius 1 is 0.822 bits per heavy atom. The number of benzene rings is 4. The molecule has 1 atom stereocenters. The van der Waals surface area contributed by atoms with Crippen LogP contribution in [0.4, 0.5) is 19.0 Å². The minimum Gasteiger partial charge on any atom is -0.342 e. The minimum absolute atomic E-state index is 0.0222. The van der Waals surface area contributed by atoms with Crippen molar-refractivity contribution in [1.29, 1.82) is 0 Å². The van der Waals surface area contributed by atoms with E-state index in [9.17, 15) is 22.8 Å². The van der Waals surface area contributed by atoms with E-state index in [1.165, 1.54) is 12.1 Å². The molecule has 2 N–H and O–H groups in total. The van der Waals surface area contributed by atoms with Gasteiger partial charge in [-0.1, -0.05) is 66.7 Å². The van der Waals surface area contributed by atoms with Gasteiger partial charge in [0.2, 0.25) is 5.91 Å². The number of carbonyl (C=O) groups excluding carboxylic acids is 2. The van der Waals surface area contributed by atoms with Gasteiger partial charge in [0.25, 0.3) is 5.91 Å². The van der Waals surface area contributed by atoms with Gasteiger partial charge in [-0.25, -0.2) is 4.98 Å². The molecule has 0 saturated heterocycles. The van der Waals surface area contributed by atoms with Crippen LogP contribution >= 0.6 is 0 Å². The van der Waals surface area contributed by atoms with Crippen LogP contribution in [0.25, 0.3) is 22.0 Å². The number of anilines is 1. The van der Waals surface area contributed by atoms with Gasteiger partial charge in [-0.05, 0) is 78.6 Å². The van der Waals surface area contributed by atoms with E-state index in [0.29, 0.717) is 47.7 Å². The Balaban J connectivity index is 1.31. The first-order valence-corrected chi connectivity index (χ1v) is 14.7. The molecular formula is C36H33F3N4O2. The van der Waals surface area contributed by atoms with Gasteiger partial charge in [-0.2, -0.15) is 13.2 Å². The Morgan fingerprint density at radius 2 is 1.51 bits per heavy atom. The van der Waals surface area contributed by atoms with Crippen LogP contribution in [0.2, 0.25) is 0 Å². The van der Waals surface area contributed by atoms with Crippen molar-refractivity contribution in [3.63, 3.8) is 0 Å². The van der Waals surface area contributed by atoms with Crippen LogP contribution in [-0.2, 0) is 17.5 Å². The normalized spacial score (nSPS) is 12.1. The summed E-state index contributed by atoms with van der Waals surface area (Å²) < 4.78 is 39.1. The number of nitrogens with one attached hydrogen (secondary N) is 2. The van der Waals surface area contributed by atoms with Crippen LogP contribution < -0.4 is 10.6 Å². The third-order valence-corrected chi connectivity index (χ3v) is 7.66. The van der Waals surface area contributed by atoms with Gasteiger partial charge in [0.1, 0.15) is 11.9 Å². The zero-order valence-electron chi connectivity index (χ0n) is 24.9. The van der Waals surface area contributed by atoms with E-state index in [1.807, 2.05) is 73.3 Å². The summed E-state index contributed by atoms with van der Waals surface area (Å²) in [5.41, 5.74) is 3.11. The van der Waals surface area contributed by atoms with Crippen LogP contribution in [0, 0.1) is 0 Å². The standard InChI is InChI=1S/C36H33F3N4O2/c1-3-43(4-2)35(45)33(26-10-6-5-7-11-26)40-23-24-14-20-31-27(22-24)17-21-32(41-31)42-34(44)30-13-9-8-12-29(30)25-15-18-28(19-16-25)36(37,38)39/h5-22,33,40H,3-4,23H2,1-2H3,(H,41,42,44)/t33-/m0/s1. The summed E-state index contributed by atoms with van der Waals surface area (Å²) in [6.45, 7) is 5.65. The molecule has 0 fully saturated rings. The third kappa shape index (κ3) is 7.38. The molecule has 4 aromatic carbocycles. The first-order valence-electron chi connectivity index (χ1n) is 14.7. The maximum absolute atomic E-state index is 13.3. The summed E-state index contributed by atoms with van der Waals surface area (Å²) in [5.74, 6) is -0.0634. The van der Waals surface area contributed by atoms with Crippen molar-refractivity contribution >= 4 is 28.5 Å². The molecule has 45 heavy (non-hydrogen) atoms. The Hall–Kier alpha value is -5.02. The number of carbonyl (C=O) groups is 2. The number of hydrogen-bond acceptors (Lipinski definition) is 4. The molecular weight excluding hydrogens is 577 g/mol. The molecule has 0 aliphatic rings. The molecule has 9 heteroatoms. The van der Waals surface area contributed by atoms with Crippen LogP contribution in [0.15, 0.2) is 109 Å². The van der Waals surface area contributed by atoms with E-state index in [1.54, 1.807) is 30.3 Å². The average Bonchev–Trinajstić information content (AvgIpc) is 3.05. The summed E-state index contributed by atoms with van der Waals surface area (Å²) in [6.07, 6.45) is -4.44. The fourth-order valence-electron chi connectivity index (χ4n) is 5.24. The van der Waals surface area contributed by atoms with Gasteiger partial charge < -0.3 is 10.2 Å². The number of rotatable bonds is 10. The van der Waals surface area contributed by atoms with Gasteiger partial charge in [-0.15, -0.1) is 0 Å². The molecule has 6 nitrogen and oxygen atoms in total. The van der Waals surface area contributed by atoms with Crippen molar-refractivity contribution in [2.75, 3.05) is 18.4 Å². The maximum atomic E-state index is 13.3. The molecule has 0 spiro atoms. The second-order valence-electron chi connectivity index (χ2n) is 10.5. The number of alkyl halides is 3. The molecule has 1 aromatic heterocycles. The molecule has 0 saturated carbocycles. The zero-order valence-corrected chi connectivity index (χ0v) is 24.9. The van der Waals surface area contributed by atoms with E-state index in [0.717, 1.165) is 28.6 Å². The fraction of sp³-hybridized carbons (Fsp3) is 0.194. The maximum Gasteiger partial charge on any atom is 0.416 e. The summed E-state index contributed by atoms with van der Waals surface area (Å²) in [7, 11) is 0. The first kappa shape index (κ1) is 31.4. The predicted molar refractivity (Wildman–Crippen MR) is 171 cm³/mol. The number of nitrogens with zero attached hydrogens (tertiary/aromatic N) is 2. The van der Waals surface area contributed by atoms with E-state index < -0.39 is 23.7 Å². The molecule has 5 aromatic rings. The van der Waals surface area contributed by atoms with Gasteiger partial charge in [0, 0.05) is 30.6 Å². The van der Waals surface area contributed by atoms with E-state index in [2.05, 4.69) is 15.6 Å². The van der Waals surface area contributed by atoms with Crippen LogP contribution in [0.5, 0.6) is 0 Å². The van der Waals surface area contributed by atoms with Crippen molar-refractivity contribution in [2.24, 2.45) is 0 Å². The fourth-order valence-corrected chi connectivity index (χ4v) is 5.24. The minimum atomic E-state index is -4.44. The van der Waals surface area contributed by atoms with Crippen LogP contribution in [0.3, 0.4) is 0 Å². The number of hydrogen-bond donors (Lipinski definition) is 2. The second kappa shape index (κ2) is 13.7. The smallest absolute Gasteiger partial charge is 0.342 e. The van der Waals surface area contributed by atoms with Crippen molar-refractivity contribution in [2.45, 2.75) is 32.6 Å². The number of aromatic nitrogens is 1. The highest BCUT2D eigenvalue weighted by Gasteiger charge is 2.30. The highest BCUT2D eigenvalue weighted by Crippen LogP contribution is 2.32. The van der Waals surface area contributed by atoms with Crippen LogP contribution in [0.1, 0.15) is 46.9 Å². The molecule has 0 unspecified atom stereocenters. The van der Waals surface area contributed by atoms with E-state index >= 15 is 0 Å². The summed E-state index contributed by atoms with van der Waals surface area (Å²) >= 11 is 0. The van der Waals surface area contributed by atoms with Crippen molar-refractivity contribution < 1.29 is 22.8 Å². The van der Waals surface area contributed by atoms with Crippen molar-refractivity contribution in [3.8, 4) is 11.1 Å². The predicted octanol–water partition coefficient (Wildman–Crippen LogP) is 7.87. The topological polar surface area (TPSA) is 74.3 Å². The SMILES string of the molecule is CCN(CC)C(=O)[C@@H](NCc1ccc2nc(NC(=O)c3ccccc3-c3ccc(C(F)(F)F)cc3)ccc2c1)c1ccccc1. The van der Waals surface area contributed by atoms with Crippen LogP contribution in [-0.4, -0.2) is 34.8 Å². The molecule has 0 aliphatic heterocycles. The van der Waals surface area contributed by atoms with Gasteiger partial charge in [0.05, 0.1) is 11.1 Å². The summed E-state index contributed by atoms with van der Waals surface area (Å²) in [4.78, 5) is 33.0. The molecule has 2 amide bonds. The molecule has 5 rings (SSSR count). The lowest BCUT2D eigenvalue weighted by molar-refractivity contribution is -0.137. The average molecular weight is 611 g/mol. The second-order valence-corrected chi connectivity index (χ2v) is 10.5. The number of amides is 2. The highest BCUT2D eigenvalue weighted by molar-refractivity contribution is 6.08. The first-order chi connectivity index (χ1) is 21.7. The Bertz CT molecular complexity index is 1790. The number of likely N-dealkylation sites (N-methyl/N-ethyl adjacent to an activating group) is 1. The molecule has 0 bridgehead atoms. The molecule has 1 heterocycles. The number of pyridine rings is 1. The lowest BCUT2D eigenvalue weighted by Crippen LogP contribution is -2.40. The quantitative estimate of drug-likeness (QED) is 0.169. The van der Waals surface area contributed by atoms with Crippen molar-refractivity contribution in [3.05, 3.63) is 131 Å². The zero-order chi connectivity index (χ0) is 32.0. The third-order valence-electron chi connectivity index (χ3n) is 7.66. The highest BCUT2D eigenvalue weighted by atomic mass is 19.4. The molecule has 0 radical (unpaired) electrons. The largest absolute Gasteiger partial charge is 0.416 e. The Kier molecular flexibility index (Phi) is 9.59. The van der Waals surface area contributed by atoms with E-state index in [4.69, 9.17) is 0 Å². The Labute approximate surface area is 259 Å². The monoisotopic (exact) mass is 610 g/mol. The lowest BCUT2D eigenvalue weighted by Gasteiger charge is -2.26. The van der Waals surface area contributed by atoms with Gasteiger partial charge >= 0.3 is 6.18 Å². The van der Waals surface area contributed by atoms with Gasteiger partial charge in [-0.3, -0.25) is 14.9 Å².